The molecule has 10 nitrogen and oxygen atoms in total. The minimum Gasteiger partial charge on any atom is -0.465 e. The lowest BCUT2D eigenvalue weighted by Gasteiger charge is -2.39. The molecule has 0 aromatic heterocycles. The van der Waals surface area contributed by atoms with Crippen LogP contribution in [0.15, 0.2) is 65.0 Å². The molecule has 1 saturated carbocycles. The molecule has 9 unspecified atom stereocenters. The number of carbonyl (C=O) groups is 1. The summed E-state index contributed by atoms with van der Waals surface area (Å²) in [4.78, 5) is 20.8. The van der Waals surface area contributed by atoms with Crippen LogP contribution >= 0.6 is 21.6 Å². The number of Topliss-reactive ketones (excluding diaryl/α,β-unsaturated/α-hetero) is 1. The number of hydrogen-bond acceptors (Lipinski definition) is 12. The number of aryl methyl sites for hydroxylation is 1. The van der Waals surface area contributed by atoms with Crippen LogP contribution in [0.25, 0.3) is 0 Å². The van der Waals surface area contributed by atoms with Crippen molar-refractivity contribution in [3.05, 3.63) is 93.3 Å². The van der Waals surface area contributed by atoms with E-state index in [-0.39, 0.29) is 36.6 Å². The highest BCUT2D eigenvalue weighted by molar-refractivity contribution is 8.76. The summed E-state index contributed by atoms with van der Waals surface area (Å²) in [5, 5.41) is 37.5. The van der Waals surface area contributed by atoms with Gasteiger partial charge in [-0.3, -0.25) is 15.1 Å². The van der Waals surface area contributed by atoms with Crippen LogP contribution in [0.4, 0.5) is 0 Å². The monoisotopic (exact) mass is 844 g/mol. The number of carbonyl (C=O) groups excluding carboxylic acids is 1. The van der Waals surface area contributed by atoms with Crippen LogP contribution in [0, 0.1) is 47.0 Å². The lowest BCUT2D eigenvalue weighted by molar-refractivity contribution is -0.122. The van der Waals surface area contributed by atoms with E-state index in [0.717, 1.165) is 76.1 Å². The number of nitrogens with one attached hydrogen (secondary N) is 1. The van der Waals surface area contributed by atoms with Gasteiger partial charge < -0.3 is 35.4 Å². The zero-order valence-electron chi connectivity index (χ0n) is 33.9. The first-order valence-electron chi connectivity index (χ1n) is 21.5. The highest BCUT2D eigenvalue weighted by Crippen LogP contribution is 2.51. The Labute approximate surface area is 359 Å². The number of nitrogens with zero attached hydrogens (tertiary/aromatic N) is 2. The van der Waals surface area contributed by atoms with Crippen molar-refractivity contribution in [2.24, 2.45) is 33.9 Å². The van der Waals surface area contributed by atoms with E-state index >= 15 is 0 Å². The molecule has 9 aliphatic rings. The van der Waals surface area contributed by atoms with E-state index in [9.17, 15) is 20.1 Å². The molecule has 8 bridgehead atoms. The van der Waals surface area contributed by atoms with E-state index in [2.05, 4.69) is 46.4 Å². The maximum atomic E-state index is 13.6. The number of hydrogen-bond donors (Lipinski definition) is 5. The van der Waals surface area contributed by atoms with Gasteiger partial charge in [0, 0.05) is 72.7 Å². The van der Waals surface area contributed by atoms with Gasteiger partial charge in [-0.15, -0.1) is 0 Å². The van der Waals surface area contributed by atoms with Gasteiger partial charge in [0.2, 0.25) is 0 Å². The molecule has 2 aromatic rings. The zero-order chi connectivity index (χ0) is 41.1. The molecule has 0 radical (unpaired) electrons. The van der Waals surface area contributed by atoms with Crippen molar-refractivity contribution in [2.75, 3.05) is 18.8 Å². The second-order valence-electron chi connectivity index (χ2n) is 17.8. The highest BCUT2D eigenvalue weighted by atomic mass is 33.1. The predicted molar refractivity (Wildman–Crippen MR) is 235 cm³/mol. The predicted octanol–water partition coefficient (Wildman–Crippen LogP) is 6.12. The number of aliphatic hydroxyl groups excluding tert-OH is 3. The van der Waals surface area contributed by atoms with Crippen LogP contribution in [0.2, 0.25) is 0 Å². The van der Waals surface area contributed by atoms with E-state index in [0.29, 0.717) is 49.6 Å². The zero-order valence-corrected chi connectivity index (χ0v) is 35.5. The molecule has 2 aliphatic carbocycles. The Morgan fingerprint density at radius 2 is 1.97 bits per heavy atom. The summed E-state index contributed by atoms with van der Waals surface area (Å²) < 4.78 is 13.8. The van der Waals surface area contributed by atoms with Crippen LogP contribution in [-0.4, -0.2) is 69.0 Å². The van der Waals surface area contributed by atoms with E-state index in [4.69, 9.17) is 20.2 Å². The Bertz CT molecular complexity index is 2350. The Balaban J connectivity index is 1.09. The second kappa shape index (κ2) is 16.4. The number of nitrogens with two attached hydrogens (primary N) is 1. The number of ether oxygens (including phenoxy) is 2. The van der Waals surface area contributed by atoms with Gasteiger partial charge >= 0.3 is 0 Å². The summed E-state index contributed by atoms with van der Waals surface area (Å²) in [6.45, 7) is 3.28. The van der Waals surface area contributed by atoms with Crippen LogP contribution in [0.1, 0.15) is 103 Å². The number of aliphatic hydroxyl groups is 3. The molecule has 12 heteroatoms. The van der Waals surface area contributed by atoms with Gasteiger partial charge in [-0.25, -0.2) is 0 Å². The van der Waals surface area contributed by atoms with Crippen LogP contribution in [-0.2, 0) is 23.4 Å². The molecule has 1 spiro atoms. The third-order valence-corrected chi connectivity index (χ3v) is 16.4. The fourth-order valence-electron chi connectivity index (χ4n) is 10.7. The summed E-state index contributed by atoms with van der Waals surface area (Å²) >= 11 is 0. The SMILES string of the molecule is CC1C=CC(C(O)CC(=O)CCc2ccc3c4c2CSSCC2CNC(N)c5ccc6c(c52)CC2=CN=C5CN(C=C25)C(O4)C(C#CC6O)C2(C#CO3)CCCC2)C(O)C1. The molecule has 60 heavy (non-hydrogen) atoms. The number of ketones is 1. The van der Waals surface area contributed by atoms with Crippen molar-refractivity contribution in [1.29, 1.82) is 0 Å². The average Bonchev–Trinajstić information content (AvgIpc) is 3.98. The van der Waals surface area contributed by atoms with Crippen molar-refractivity contribution in [2.45, 2.75) is 107 Å². The molecule has 6 N–H and O–H groups in total. The maximum Gasteiger partial charge on any atom is 0.187 e. The fourth-order valence-corrected chi connectivity index (χ4v) is 13.2. The molecule has 312 valence electrons. The molecule has 7 aliphatic heterocycles. The summed E-state index contributed by atoms with van der Waals surface area (Å²) in [6, 6.07) is 8.02. The number of allylic oxidation sites excluding steroid dienone is 2. The van der Waals surface area contributed by atoms with Crippen LogP contribution in [0.5, 0.6) is 11.5 Å². The normalized spacial score (nSPS) is 31.0. The van der Waals surface area contributed by atoms with E-state index in [1.165, 1.54) is 5.56 Å². The maximum absolute atomic E-state index is 13.6. The summed E-state index contributed by atoms with van der Waals surface area (Å²) in [7, 11) is 3.54. The van der Waals surface area contributed by atoms with Crippen molar-refractivity contribution in [3.8, 4) is 35.4 Å². The standard InChI is InChI=1S/C48H52N4O6S2/c1-27-4-8-33(41(55)18-27)42(56)20-31(53)7-5-28-6-13-43-45-37(28)26-60-59-25-30-22-51-46(49)34-10-9-32-35(44(30)34)19-29-21-50-39-24-52(23-36(29)39)47(58-45)38(11-12-40(32)54)48(16-17-57-43)14-2-3-15-48/h4,6,8-10,13,21,23,27,30,33,38,40-42,46-47,51,54-56H,2-3,5,7,14-15,18-20,22,24-26,49H2,1H3. The Kier molecular flexibility index (Phi) is 10.9. The van der Waals surface area contributed by atoms with Gasteiger partial charge in [-0.05, 0) is 71.1 Å². The van der Waals surface area contributed by atoms with Gasteiger partial charge in [0.05, 0.1) is 42.0 Å². The van der Waals surface area contributed by atoms with Crippen molar-refractivity contribution in [3.63, 3.8) is 0 Å². The largest absolute Gasteiger partial charge is 0.465 e. The van der Waals surface area contributed by atoms with Crippen molar-refractivity contribution in [1.82, 2.24) is 10.2 Å². The molecule has 0 amide bonds. The van der Waals surface area contributed by atoms with Crippen LogP contribution in [0.3, 0.4) is 0 Å². The molecule has 1 fully saturated rings. The molecular weight excluding hydrogens is 793 g/mol. The van der Waals surface area contributed by atoms with Crippen molar-refractivity contribution >= 4 is 33.1 Å². The molecule has 9 atom stereocenters. The van der Waals surface area contributed by atoms with E-state index < -0.39 is 41.8 Å². The Morgan fingerprint density at radius 1 is 1.12 bits per heavy atom. The topological polar surface area (TPSA) is 150 Å². The lowest BCUT2D eigenvalue weighted by Crippen LogP contribution is -2.47. The van der Waals surface area contributed by atoms with Crippen LogP contribution < -0.4 is 20.5 Å². The quantitative estimate of drug-likeness (QED) is 0.130. The minimum absolute atomic E-state index is 0.0227. The van der Waals surface area contributed by atoms with Crippen molar-refractivity contribution < 1.29 is 29.6 Å². The molecular formula is C48H52N4O6S2. The Morgan fingerprint density at radius 3 is 2.82 bits per heavy atom. The Hall–Kier alpha value is -3.98. The minimum atomic E-state index is -1.04. The smallest absolute Gasteiger partial charge is 0.187 e. The first kappa shape index (κ1) is 40.1. The van der Waals surface area contributed by atoms with E-state index in [1.807, 2.05) is 43.5 Å². The van der Waals surface area contributed by atoms with Gasteiger partial charge in [0.15, 0.2) is 17.7 Å². The fraction of sp³-hybridized carbons (Fsp3) is 0.500. The van der Waals surface area contributed by atoms with Gasteiger partial charge in [-0.2, -0.15) is 0 Å². The molecule has 0 saturated heterocycles. The highest BCUT2D eigenvalue weighted by Gasteiger charge is 2.49. The number of rotatable bonds is 6. The van der Waals surface area contributed by atoms with E-state index in [1.54, 1.807) is 21.6 Å². The summed E-state index contributed by atoms with van der Waals surface area (Å²) in [5.74, 6) is 12.5. The number of fused-ring (bicyclic) bond motifs is 4. The lowest BCUT2D eigenvalue weighted by atomic mass is 9.73. The summed E-state index contributed by atoms with van der Waals surface area (Å²) in [6.07, 6.45) is 13.1. The molecule has 7 heterocycles. The van der Waals surface area contributed by atoms with Gasteiger partial charge in [-0.1, -0.05) is 89.5 Å². The molecule has 11 rings (SSSR count). The van der Waals surface area contributed by atoms with Gasteiger partial charge in [0.25, 0.3) is 0 Å². The number of benzene rings is 2. The number of aliphatic imine (C=N–C) groups is 1. The summed E-state index contributed by atoms with van der Waals surface area (Å²) in [5.41, 5.74) is 15.4. The average molecular weight is 845 g/mol. The first-order chi connectivity index (χ1) is 29.2. The second-order valence-corrected chi connectivity index (χ2v) is 20.3. The first-order valence-corrected chi connectivity index (χ1v) is 24.0. The van der Waals surface area contributed by atoms with Gasteiger partial charge in [0.1, 0.15) is 18.0 Å². The third-order valence-electron chi connectivity index (χ3n) is 14.0. The third kappa shape index (κ3) is 7.32. The molecule has 2 aromatic carbocycles.